The zero-order valence-corrected chi connectivity index (χ0v) is 8.54. The van der Waals surface area contributed by atoms with Gasteiger partial charge in [-0.3, -0.25) is 4.79 Å². The van der Waals surface area contributed by atoms with Gasteiger partial charge in [0.1, 0.15) is 0 Å². The molecule has 0 unspecified atom stereocenters. The molecular formula is C10H17NO3. The number of rotatable bonds is 2. The first kappa shape index (κ1) is 11.0. The fourth-order valence-electron chi connectivity index (χ4n) is 1.79. The molecule has 0 aromatic rings. The lowest BCUT2D eigenvalue weighted by Crippen LogP contribution is -2.35. The minimum absolute atomic E-state index is 0.539. The summed E-state index contributed by atoms with van der Waals surface area (Å²) in [7, 11) is 1.21. The van der Waals surface area contributed by atoms with Gasteiger partial charge in [0.25, 0.3) is 0 Å². The van der Waals surface area contributed by atoms with E-state index in [1.54, 1.807) is 0 Å². The van der Waals surface area contributed by atoms with E-state index in [0.29, 0.717) is 12.5 Å². The highest BCUT2D eigenvalue weighted by Crippen LogP contribution is 2.22. The lowest BCUT2D eigenvalue weighted by atomic mass is 9.89. The van der Waals surface area contributed by atoms with Gasteiger partial charge >= 0.3 is 11.9 Å². The van der Waals surface area contributed by atoms with Crippen LogP contribution in [-0.2, 0) is 14.3 Å². The molecule has 4 nitrogen and oxygen atoms in total. The summed E-state index contributed by atoms with van der Waals surface area (Å²) in [5.41, 5.74) is 0. The monoisotopic (exact) mass is 199 g/mol. The molecule has 0 spiro atoms. The van der Waals surface area contributed by atoms with Gasteiger partial charge in [-0.2, -0.15) is 0 Å². The molecule has 0 saturated heterocycles. The van der Waals surface area contributed by atoms with Gasteiger partial charge in [-0.05, 0) is 18.8 Å². The standard InChI is InChI=1S/C10H17NO3/c1-14-10(13)9(12)11-7-8-5-3-2-4-6-8/h8H,2-7H2,1H3,(H,11,12). The molecule has 1 rings (SSSR count). The van der Waals surface area contributed by atoms with Crippen molar-refractivity contribution in [1.29, 1.82) is 0 Å². The van der Waals surface area contributed by atoms with Crippen molar-refractivity contribution in [3.8, 4) is 0 Å². The zero-order chi connectivity index (χ0) is 10.4. The third kappa shape index (κ3) is 3.36. The molecule has 1 aliphatic rings. The quantitative estimate of drug-likeness (QED) is 0.530. The van der Waals surface area contributed by atoms with E-state index in [1.165, 1.54) is 26.4 Å². The predicted octanol–water partition coefficient (Wildman–Crippen LogP) is 0.856. The molecule has 1 N–H and O–H groups in total. The van der Waals surface area contributed by atoms with Crippen molar-refractivity contribution < 1.29 is 14.3 Å². The van der Waals surface area contributed by atoms with E-state index in [-0.39, 0.29) is 0 Å². The molecule has 1 saturated carbocycles. The third-order valence-electron chi connectivity index (χ3n) is 2.65. The van der Waals surface area contributed by atoms with Gasteiger partial charge in [-0.15, -0.1) is 0 Å². The lowest BCUT2D eigenvalue weighted by molar-refractivity contribution is -0.152. The number of nitrogens with one attached hydrogen (secondary N) is 1. The fraction of sp³-hybridized carbons (Fsp3) is 0.800. The molecule has 80 valence electrons. The number of amides is 1. The van der Waals surface area contributed by atoms with Crippen LogP contribution >= 0.6 is 0 Å². The van der Waals surface area contributed by atoms with Crippen LogP contribution in [0.25, 0.3) is 0 Å². The van der Waals surface area contributed by atoms with Crippen LogP contribution in [0, 0.1) is 5.92 Å². The van der Waals surface area contributed by atoms with Gasteiger partial charge in [0.15, 0.2) is 0 Å². The molecule has 1 fully saturated rings. The second-order valence-corrected chi connectivity index (χ2v) is 3.71. The highest BCUT2D eigenvalue weighted by Gasteiger charge is 2.17. The molecule has 0 atom stereocenters. The fourth-order valence-corrected chi connectivity index (χ4v) is 1.79. The van der Waals surface area contributed by atoms with Gasteiger partial charge in [0, 0.05) is 6.54 Å². The van der Waals surface area contributed by atoms with Crippen LogP contribution in [0.3, 0.4) is 0 Å². The summed E-state index contributed by atoms with van der Waals surface area (Å²) in [6, 6.07) is 0. The van der Waals surface area contributed by atoms with E-state index in [1.807, 2.05) is 0 Å². The second-order valence-electron chi connectivity index (χ2n) is 3.71. The van der Waals surface area contributed by atoms with Gasteiger partial charge < -0.3 is 10.1 Å². The number of ether oxygens (including phenoxy) is 1. The summed E-state index contributed by atoms with van der Waals surface area (Å²) in [5.74, 6) is -0.892. The Kier molecular flexibility index (Phi) is 4.43. The first-order chi connectivity index (χ1) is 6.74. The summed E-state index contributed by atoms with van der Waals surface area (Å²) in [6.07, 6.45) is 6.07. The highest BCUT2D eigenvalue weighted by molar-refractivity contribution is 6.32. The first-order valence-corrected chi connectivity index (χ1v) is 5.10. The third-order valence-corrected chi connectivity index (χ3v) is 2.65. The van der Waals surface area contributed by atoms with Crippen molar-refractivity contribution >= 4 is 11.9 Å². The summed E-state index contributed by atoms with van der Waals surface area (Å²) < 4.78 is 4.30. The maximum absolute atomic E-state index is 11.0. The maximum atomic E-state index is 11.0. The van der Waals surface area contributed by atoms with Crippen LogP contribution in [0.4, 0.5) is 0 Å². The zero-order valence-electron chi connectivity index (χ0n) is 8.54. The average Bonchev–Trinajstić information content (AvgIpc) is 2.26. The van der Waals surface area contributed by atoms with Gasteiger partial charge in [-0.25, -0.2) is 4.79 Å². The number of esters is 1. The van der Waals surface area contributed by atoms with Crippen molar-refractivity contribution in [3.05, 3.63) is 0 Å². The summed E-state index contributed by atoms with van der Waals surface area (Å²) in [4.78, 5) is 21.8. The van der Waals surface area contributed by atoms with E-state index in [4.69, 9.17) is 0 Å². The minimum atomic E-state index is -0.805. The van der Waals surface area contributed by atoms with Gasteiger partial charge in [-0.1, -0.05) is 19.3 Å². The molecule has 0 radical (unpaired) electrons. The number of methoxy groups -OCH3 is 1. The summed E-state index contributed by atoms with van der Waals surface area (Å²) >= 11 is 0. The number of carbonyl (C=O) groups excluding carboxylic acids is 2. The molecule has 0 aliphatic heterocycles. The van der Waals surface area contributed by atoms with Gasteiger partial charge in [0.2, 0.25) is 0 Å². The Labute approximate surface area is 84.0 Å². The maximum Gasteiger partial charge on any atom is 0.396 e. The minimum Gasteiger partial charge on any atom is -0.462 e. The van der Waals surface area contributed by atoms with Crippen molar-refractivity contribution in [2.75, 3.05) is 13.7 Å². The van der Waals surface area contributed by atoms with Crippen LogP contribution < -0.4 is 5.32 Å². The van der Waals surface area contributed by atoms with Crippen molar-refractivity contribution in [3.63, 3.8) is 0 Å². The van der Waals surface area contributed by atoms with E-state index < -0.39 is 11.9 Å². The van der Waals surface area contributed by atoms with Gasteiger partial charge in [0.05, 0.1) is 7.11 Å². The van der Waals surface area contributed by atoms with E-state index in [0.717, 1.165) is 12.8 Å². The van der Waals surface area contributed by atoms with Crippen molar-refractivity contribution in [1.82, 2.24) is 5.32 Å². The molecule has 0 heterocycles. The molecule has 0 aromatic carbocycles. The lowest BCUT2D eigenvalue weighted by Gasteiger charge is -2.21. The average molecular weight is 199 g/mol. The molecular weight excluding hydrogens is 182 g/mol. The van der Waals surface area contributed by atoms with Crippen molar-refractivity contribution in [2.45, 2.75) is 32.1 Å². The first-order valence-electron chi connectivity index (χ1n) is 5.10. The Morgan fingerprint density at radius 2 is 1.93 bits per heavy atom. The second kappa shape index (κ2) is 5.62. The van der Waals surface area contributed by atoms with Crippen LogP contribution in [0.1, 0.15) is 32.1 Å². The molecule has 14 heavy (non-hydrogen) atoms. The predicted molar refractivity (Wildman–Crippen MR) is 51.6 cm³/mol. The highest BCUT2D eigenvalue weighted by atomic mass is 16.5. The summed E-state index contributed by atoms with van der Waals surface area (Å²) in [5, 5.41) is 2.59. The topological polar surface area (TPSA) is 55.4 Å². The smallest absolute Gasteiger partial charge is 0.396 e. The van der Waals surface area contributed by atoms with Crippen LogP contribution in [0.15, 0.2) is 0 Å². The van der Waals surface area contributed by atoms with Crippen molar-refractivity contribution in [2.24, 2.45) is 5.92 Å². The van der Waals surface area contributed by atoms with E-state index in [9.17, 15) is 9.59 Å². The molecule has 1 amide bonds. The number of carbonyl (C=O) groups is 2. The van der Waals surface area contributed by atoms with Crippen LogP contribution in [-0.4, -0.2) is 25.5 Å². The molecule has 1 aliphatic carbocycles. The Morgan fingerprint density at radius 1 is 1.29 bits per heavy atom. The molecule has 4 heteroatoms. The Hall–Kier alpha value is -1.06. The van der Waals surface area contributed by atoms with E-state index in [2.05, 4.69) is 10.1 Å². The Balaban J connectivity index is 2.18. The SMILES string of the molecule is COC(=O)C(=O)NCC1CCCCC1. The van der Waals surface area contributed by atoms with E-state index >= 15 is 0 Å². The Morgan fingerprint density at radius 3 is 2.50 bits per heavy atom. The largest absolute Gasteiger partial charge is 0.462 e. The number of hydrogen-bond donors (Lipinski definition) is 1. The molecule has 0 bridgehead atoms. The summed E-state index contributed by atoms with van der Waals surface area (Å²) in [6.45, 7) is 0.605. The Bertz CT molecular complexity index is 209. The normalized spacial score (nSPS) is 17.5. The van der Waals surface area contributed by atoms with Crippen LogP contribution in [0.5, 0.6) is 0 Å². The number of hydrogen-bond acceptors (Lipinski definition) is 3. The molecule has 0 aromatic heterocycles. The van der Waals surface area contributed by atoms with Crippen LogP contribution in [0.2, 0.25) is 0 Å².